The van der Waals surface area contributed by atoms with Crippen LogP contribution in [-0.4, -0.2) is 65.3 Å². The molecule has 1 aromatic carbocycles. The van der Waals surface area contributed by atoms with Crippen LogP contribution in [0.4, 0.5) is 0 Å². The molecule has 154 valence electrons. The summed E-state index contributed by atoms with van der Waals surface area (Å²) in [5.41, 5.74) is 3.89. The lowest BCUT2D eigenvalue weighted by atomic mass is 9.89. The Morgan fingerprint density at radius 3 is 2.38 bits per heavy atom. The summed E-state index contributed by atoms with van der Waals surface area (Å²) in [6, 6.07) is 10.7. The summed E-state index contributed by atoms with van der Waals surface area (Å²) < 4.78 is 0. The van der Waals surface area contributed by atoms with Gasteiger partial charge in [-0.2, -0.15) is 0 Å². The maximum Gasteiger partial charge on any atom is 0.239 e. The van der Waals surface area contributed by atoms with E-state index in [9.17, 15) is 9.59 Å². The van der Waals surface area contributed by atoms with E-state index in [1.165, 1.54) is 21.6 Å². The summed E-state index contributed by atoms with van der Waals surface area (Å²) in [6.07, 6.45) is 0.991. The van der Waals surface area contributed by atoms with Crippen LogP contribution in [0.2, 0.25) is 0 Å². The summed E-state index contributed by atoms with van der Waals surface area (Å²) in [6.45, 7) is 9.17. The zero-order valence-electron chi connectivity index (χ0n) is 17.4. The van der Waals surface area contributed by atoms with E-state index in [1.54, 1.807) is 6.92 Å². The maximum absolute atomic E-state index is 13.4. The van der Waals surface area contributed by atoms with Crippen LogP contribution >= 0.6 is 11.3 Å². The molecular weight excluding hydrogens is 382 g/mol. The molecule has 3 heterocycles. The molecule has 0 spiro atoms. The highest BCUT2D eigenvalue weighted by Gasteiger charge is 2.37. The number of benzene rings is 1. The van der Waals surface area contributed by atoms with Crippen molar-refractivity contribution in [3.05, 3.63) is 57.3 Å². The predicted octanol–water partition coefficient (Wildman–Crippen LogP) is 3.08. The molecule has 0 N–H and O–H groups in total. The van der Waals surface area contributed by atoms with Gasteiger partial charge in [-0.05, 0) is 48.4 Å². The van der Waals surface area contributed by atoms with Crippen molar-refractivity contribution >= 4 is 23.2 Å². The summed E-state index contributed by atoms with van der Waals surface area (Å²) in [5.74, 6) is 0.260. The topological polar surface area (TPSA) is 43.9 Å². The Hall–Kier alpha value is -2.18. The molecule has 2 aliphatic rings. The molecule has 2 aromatic rings. The number of carbonyl (C=O) groups is 2. The van der Waals surface area contributed by atoms with Crippen molar-refractivity contribution in [3.63, 3.8) is 0 Å². The highest BCUT2D eigenvalue weighted by Crippen LogP contribution is 2.40. The normalized spacial score (nSPS) is 21.0. The number of aryl methyl sites for hydroxylation is 1. The van der Waals surface area contributed by atoms with Gasteiger partial charge in [0.15, 0.2) is 0 Å². The van der Waals surface area contributed by atoms with E-state index >= 15 is 0 Å². The second-order valence-corrected chi connectivity index (χ2v) is 9.05. The first-order valence-corrected chi connectivity index (χ1v) is 11.3. The van der Waals surface area contributed by atoms with Crippen molar-refractivity contribution in [2.24, 2.45) is 0 Å². The third-order valence-electron chi connectivity index (χ3n) is 6.38. The Morgan fingerprint density at radius 2 is 1.69 bits per heavy atom. The quantitative estimate of drug-likeness (QED) is 0.780. The third-order valence-corrected chi connectivity index (χ3v) is 7.37. The molecule has 6 heteroatoms. The van der Waals surface area contributed by atoms with Crippen molar-refractivity contribution in [2.45, 2.75) is 39.3 Å². The van der Waals surface area contributed by atoms with Gasteiger partial charge in [-0.15, -0.1) is 11.3 Å². The molecule has 2 atom stereocenters. The molecule has 0 unspecified atom stereocenters. The second-order valence-electron chi connectivity index (χ2n) is 8.05. The molecule has 1 fully saturated rings. The van der Waals surface area contributed by atoms with Crippen LogP contribution < -0.4 is 0 Å². The minimum atomic E-state index is -0.198. The van der Waals surface area contributed by atoms with Crippen LogP contribution in [0.25, 0.3) is 0 Å². The number of hydrogen-bond donors (Lipinski definition) is 0. The Balaban J connectivity index is 1.58. The lowest BCUT2D eigenvalue weighted by Crippen LogP contribution is -2.56. The van der Waals surface area contributed by atoms with Crippen LogP contribution in [-0.2, 0) is 16.0 Å². The standard InChI is InChI=1S/C23H29N3O2S/c1-16-6-4-5-7-19(16)22-20-9-15-29-21(20)8-10-26(22)17(2)23(28)25-13-11-24(12-14-25)18(3)27/h4-7,9,15,17,22H,8,10-14H2,1-3H3/t17-,22-/m0/s1. The average Bonchev–Trinajstić information content (AvgIpc) is 3.21. The summed E-state index contributed by atoms with van der Waals surface area (Å²) in [4.78, 5) is 32.5. The molecule has 0 radical (unpaired) electrons. The highest BCUT2D eigenvalue weighted by atomic mass is 32.1. The van der Waals surface area contributed by atoms with E-state index in [-0.39, 0.29) is 23.9 Å². The predicted molar refractivity (Wildman–Crippen MR) is 116 cm³/mol. The number of piperazine rings is 1. The lowest BCUT2D eigenvalue weighted by Gasteiger charge is -2.43. The first kappa shape index (κ1) is 20.1. The number of thiophene rings is 1. The SMILES string of the molecule is CC(=O)N1CCN(C(=O)[C@H](C)N2CCc3sccc3[C@@H]2c2ccccc2C)CC1. The first-order chi connectivity index (χ1) is 14.0. The first-order valence-electron chi connectivity index (χ1n) is 10.4. The van der Waals surface area contributed by atoms with Gasteiger partial charge in [0.25, 0.3) is 0 Å². The molecule has 2 aliphatic heterocycles. The molecule has 2 amide bonds. The fraction of sp³-hybridized carbons (Fsp3) is 0.478. The fourth-order valence-corrected chi connectivity index (χ4v) is 5.54. The van der Waals surface area contributed by atoms with E-state index in [0.717, 1.165) is 13.0 Å². The van der Waals surface area contributed by atoms with Gasteiger partial charge in [-0.25, -0.2) is 0 Å². The van der Waals surface area contributed by atoms with Crippen molar-refractivity contribution in [2.75, 3.05) is 32.7 Å². The second kappa shape index (κ2) is 8.28. The molecule has 1 saturated heterocycles. The van der Waals surface area contributed by atoms with Crippen LogP contribution in [0.15, 0.2) is 35.7 Å². The molecule has 0 aliphatic carbocycles. The lowest BCUT2D eigenvalue weighted by molar-refractivity contribution is -0.142. The number of amides is 2. The fourth-order valence-electron chi connectivity index (χ4n) is 4.64. The van der Waals surface area contributed by atoms with Crippen molar-refractivity contribution in [1.29, 1.82) is 0 Å². The van der Waals surface area contributed by atoms with Crippen LogP contribution in [0.3, 0.4) is 0 Å². The Labute approximate surface area is 176 Å². The average molecular weight is 412 g/mol. The van der Waals surface area contributed by atoms with Crippen molar-refractivity contribution < 1.29 is 9.59 Å². The monoisotopic (exact) mass is 411 g/mol. The van der Waals surface area contributed by atoms with Gasteiger partial charge in [-0.3, -0.25) is 14.5 Å². The van der Waals surface area contributed by atoms with Gasteiger partial charge < -0.3 is 9.80 Å². The van der Waals surface area contributed by atoms with Gasteiger partial charge in [0, 0.05) is 44.5 Å². The van der Waals surface area contributed by atoms with Gasteiger partial charge in [0.1, 0.15) is 0 Å². The van der Waals surface area contributed by atoms with Crippen LogP contribution in [0.1, 0.15) is 41.5 Å². The minimum absolute atomic E-state index is 0.0887. The Kier molecular flexibility index (Phi) is 5.74. The van der Waals surface area contributed by atoms with E-state index < -0.39 is 0 Å². The van der Waals surface area contributed by atoms with E-state index in [4.69, 9.17) is 0 Å². The summed E-state index contributed by atoms with van der Waals surface area (Å²) in [5, 5.41) is 2.17. The third kappa shape index (κ3) is 3.83. The van der Waals surface area contributed by atoms with Gasteiger partial charge in [-0.1, -0.05) is 24.3 Å². The largest absolute Gasteiger partial charge is 0.339 e. The van der Waals surface area contributed by atoms with Gasteiger partial charge >= 0.3 is 0 Å². The highest BCUT2D eigenvalue weighted by molar-refractivity contribution is 7.10. The molecule has 0 bridgehead atoms. The molecular formula is C23H29N3O2S. The van der Waals surface area contributed by atoms with E-state index in [1.807, 2.05) is 28.1 Å². The maximum atomic E-state index is 13.4. The molecule has 5 nitrogen and oxygen atoms in total. The van der Waals surface area contributed by atoms with E-state index in [0.29, 0.717) is 26.2 Å². The smallest absolute Gasteiger partial charge is 0.239 e. The molecule has 1 aromatic heterocycles. The van der Waals surface area contributed by atoms with Gasteiger partial charge in [0.05, 0.1) is 12.1 Å². The summed E-state index contributed by atoms with van der Waals surface area (Å²) in [7, 11) is 0. The molecule has 4 rings (SSSR count). The zero-order chi connectivity index (χ0) is 20.5. The number of hydrogen-bond acceptors (Lipinski definition) is 4. The molecule has 0 saturated carbocycles. The van der Waals surface area contributed by atoms with Gasteiger partial charge in [0.2, 0.25) is 11.8 Å². The van der Waals surface area contributed by atoms with Crippen molar-refractivity contribution in [1.82, 2.24) is 14.7 Å². The number of rotatable bonds is 3. The number of fused-ring (bicyclic) bond motifs is 1. The Morgan fingerprint density at radius 1 is 1.00 bits per heavy atom. The molecule has 29 heavy (non-hydrogen) atoms. The zero-order valence-corrected chi connectivity index (χ0v) is 18.2. The Bertz CT molecular complexity index is 901. The number of carbonyl (C=O) groups excluding carboxylic acids is 2. The van der Waals surface area contributed by atoms with Crippen molar-refractivity contribution in [3.8, 4) is 0 Å². The van der Waals surface area contributed by atoms with Crippen LogP contribution in [0, 0.1) is 6.92 Å². The number of nitrogens with zero attached hydrogens (tertiary/aromatic N) is 3. The van der Waals surface area contributed by atoms with Crippen LogP contribution in [0.5, 0.6) is 0 Å². The summed E-state index contributed by atoms with van der Waals surface area (Å²) >= 11 is 1.82. The van der Waals surface area contributed by atoms with E-state index in [2.05, 4.69) is 47.5 Å². The minimum Gasteiger partial charge on any atom is -0.339 e.